The van der Waals surface area contributed by atoms with Crippen molar-refractivity contribution >= 4 is 16.7 Å². The standard InChI is InChI=1S/C21H23N3O5/c1-28-15-7-8-18(29-2)14(13-15)9-11-22-19(25)10-12-24-21(27)17-6-4-3-5-16(17)20(26)23-24/h3-8,13H,9-12H2,1-2H3,(H,22,25)(H,23,26). The normalized spacial score (nSPS) is 10.7. The van der Waals surface area contributed by atoms with Crippen LogP contribution in [0.5, 0.6) is 11.5 Å². The molecule has 0 atom stereocenters. The number of methoxy groups -OCH3 is 2. The van der Waals surface area contributed by atoms with Gasteiger partial charge in [-0.25, -0.2) is 4.68 Å². The van der Waals surface area contributed by atoms with Gasteiger partial charge in [0.15, 0.2) is 0 Å². The lowest BCUT2D eigenvalue weighted by Gasteiger charge is -2.11. The molecule has 29 heavy (non-hydrogen) atoms. The van der Waals surface area contributed by atoms with E-state index < -0.39 is 0 Å². The fourth-order valence-corrected chi connectivity index (χ4v) is 3.12. The van der Waals surface area contributed by atoms with E-state index in [1.807, 2.05) is 18.2 Å². The van der Waals surface area contributed by atoms with Crippen molar-refractivity contribution in [2.75, 3.05) is 20.8 Å². The van der Waals surface area contributed by atoms with Gasteiger partial charge in [-0.3, -0.25) is 19.5 Å². The number of hydrogen-bond acceptors (Lipinski definition) is 5. The zero-order chi connectivity index (χ0) is 20.8. The summed E-state index contributed by atoms with van der Waals surface area (Å²) in [7, 11) is 3.18. The fourth-order valence-electron chi connectivity index (χ4n) is 3.12. The largest absolute Gasteiger partial charge is 0.497 e. The van der Waals surface area contributed by atoms with E-state index in [-0.39, 0.29) is 30.0 Å². The Morgan fingerprint density at radius 1 is 1.07 bits per heavy atom. The summed E-state index contributed by atoms with van der Waals surface area (Å²) in [4.78, 5) is 36.7. The zero-order valence-corrected chi connectivity index (χ0v) is 16.4. The van der Waals surface area contributed by atoms with Gasteiger partial charge in [-0.05, 0) is 42.3 Å². The number of benzene rings is 2. The van der Waals surface area contributed by atoms with Crippen LogP contribution < -0.4 is 25.9 Å². The molecule has 0 fully saturated rings. The molecule has 1 amide bonds. The number of carbonyl (C=O) groups excluding carboxylic acids is 1. The van der Waals surface area contributed by atoms with Crippen LogP contribution in [0.15, 0.2) is 52.1 Å². The van der Waals surface area contributed by atoms with E-state index in [2.05, 4.69) is 10.4 Å². The molecule has 0 radical (unpaired) electrons. The van der Waals surface area contributed by atoms with Gasteiger partial charge in [-0.1, -0.05) is 12.1 Å². The second-order valence-corrected chi connectivity index (χ2v) is 6.47. The summed E-state index contributed by atoms with van der Waals surface area (Å²) in [5.74, 6) is 1.22. The molecule has 0 spiro atoms. The van der Waals surface area contributed by atoms with Crippen LogP contribution >= 0.6 is 0 Å². The maximum absolute atomic E-state index is 12.5. The Bertz CT molecular complexity index is 1130. The Labute approximate surface area is 167 Å². The molecular formula is C21H23N3O5. The molecule has 0 saturated heterocycles. The molecule has 3 aromatic rings. The molecule has 8 heteroatoms. The predicted molar refractivity (Wildman–Crippen MR) is 110 cm³/mol. The topological polar surface area (TPSA) is 102 Å². The van der Waals surface area contributed by atoms with Crippen LogP contribution in [0.4, 0.5) is 0 Å². The summed E-state index contributed by atoms with van der Waals surface area (Å²) in [6, 6.07) is 12.1. The third-order valence-electron chi connectivity index (χ3n) is 4.65. The number of ether oxygens (including phenoxy) is 2. The molecule has 3 rings (SSSR count). The Balaban J connectivity index is 1.59. The van der Waals surface area contributed by atoms with Gasteiger partial charge in [0.1, 0.15) is 11.5 Å². The van der Waals surface area contributed by atoms with Crippen LogP contribution in [-0.4, -0.2) is 36.5 Å². The van der Waals surface area contributed by atoms with Crippen molar-refractivity contribution in [1.82, 2.24) is 15.1 Å². The summed E-state index contributed by atoms with van der Waals surface area (Å²) in [5.41, 5.74) is 0.238. The number of rotatable bonds is 8. The van der Waals surface area contributed by atoms with Crippen molar-refractivity contribution in [2.24, 2.45) is 0 Å². The van der Waals surface area contributed by atoms with Crippen molar-refractivity contribution in [1.29, 1.82) is 0 Å². The highest BCUT2D eigenvalue weighted by atomic mass is 16.5. The Kier molecular flexibility index (Phi) is 6.33. The number of amides is 1. The van der Waals surface area contributed by atoms with Crippen LogP contribution in [-0.2, 0) is 17.8 Å². The second-order valence-electron chi connectivity index (χ2n) is 6.47. The quantitative estimate of drug-likeness (QED) is 0.599. The van der Waals surface area contributed by atoms with E-state index in [9.17, 15) is 14.4 Å². The lowest BCUT2D eigenvalue weighted by Crippen LogP contribution is -2.33. The van der Waals surface area contributed by atoms with Crippen LogP contribution in [0.25, 0.3) is 10.8 Å². The maximum Gasteiger partial charge on any atom is 0.273 e. The summed E-state index contributed by atoms with van der Waals surface area (Å²) in [5, 5.41) is 6.01. The van der Waals surface area contributed by atoms with Crippen LogP contribution in [0.3, 0.4) is 0 Å². The number of aromatic nitrogens is 2. The van der Waals surface area contributed by atoms with Gasteiger partial charge in [-0.15, -0.1) is 0 Å². The molecule has 0 aliphatic heterocycles. The van der Waals surface area contributed by atoms with E-state index in [0.29, 0.717) is 29.5 Å². The molecule has 2 N–H and O–H groups in total. The highest BCUT2D eigenvalue weighted by Crippen LogP contribution is 2.24. The molecule has 1 aromatic heterocycles. The Morgan fingerprint density at radius 2 is 1.83 bits per heavy atom. The smallest absolute Gasteiger partial charge is 0.273 e. The van der Waals surface area contributed by atoms with Crippen LogP contribution in [0.1, 0.15) is 12.0 Å². The summed E-state index contributed by atoms with van der Waals surface area (Å²) >= 11 is 0. The van der Waals surface area contributed by atoms with Crippen LogP contribution in [0, 0.1) is 0 Å². The molecule has 0 bridgehead atoms. The van der Waals surface area contributed by atoms with Crippen molar-refractivity contribution in [3.8, 4) is 11.5 Å². The molecule has 0 unspecified atom stereocenters. The average Bonchev–Trinajstić information content (AvgIpc) is 2.75. The Hall–Kier alpha value is -3.55. The van der Waals surface area contributed by atoms with Gasteiger partial charge in [0.05, 0.1) is 31.5 Å². The number of fused-ring (bicyclic) bond motifs is 1. The number of hydrogen-bond donors (Lipinski definition) is 2. The van der Waals surface area contributed by atoms with Crippen molar-refractivity contribution in [3.05, 3.63) is 68.7 Å². The molecule has 152 valence electrons. The highest BCUT2D eigenvalue weighted by Gasteiger charge is 2.09. The van der Waals surface area contributed by atoms with Crippen molar-refractivity contribution in [2.45, 2.75) is 19.4 Å². The number of aryl methyl sites for hydroxylation is 1. The summed E-state index contributed by atoms with van der Waals surface area (Å²) in [6.07, 6.45) is 0.641. The van der Waals surface area contributed by atoms with Crippen molar-refractivity contribution in [3.63, 3.8) is 0 Å². The molecular weight excluding hydrogens is 374 g/mol. The van der Waals surface area contributed by atoms with Gasteiger partial charge in [-0.2, -0.15) is 0 Å². The first-order valence-electron chi connectivity index (χ1n) is 9.23. The number of aromatic amines is 1. The molecule has 2 aromatic carbocycles. The lowest BCUT2D eigenvalue weighted by atomic mass is 10.1. The lowest BCUT2D eigenvalue weighted by molar-refractivity contribution is -0.121. The SMILES string of the molecule is COc1ccc(OC)c(CCNC(=O)CCn2[nH]c(=O)c3ccccc3c2=O)c1. The first-order valence-corrected chi connectivity index (χ1v) is 9.23. The number of nitrogens with zero attached hydrogens (tertiary/aromatic N) is 1. The average molecular weight is 397 g/mol. The fraction of sp³-hybridized carbons (Fsp3) is 0.286. The third kappa shape index (κ3) is 4.66. The molecule has 0 saturated carbocycles. The first-order chi connectivity index (χ1) is 14.0. The molecule has 0 aliphatic carbocycles. The summed E-state index contributed by atoms with van der Waals surface area (Å²) in [6.45, 7) is 0.499. The van der Waals surface area contributed by atoms with Crippen LogP contribution in [0.2, 0.25) is 0 Å². The minimum absolute atomic E-state index is 0.0728. The Morgan fingerprint density at radius 3 is 2.55 bits per heavy atom. The zero-order valence-electron chi connectivity index (χ0n) is 16.4. The van der Waals surface area contributed by atoms with E-state index >= 15 is 0 Å². The minimum atomic E-state index is -0.356. The third-order valence-corrected chi connectivity index (χ3v) is 4.65. The summed E-state index contributed by atoms with van der Waals surface area (Å²) < 4.78 is 11.7. The monoisotopic (exact) mass is 397 g/mol. The van der Waals surface area contributed by atoms with E-state index in [1.165, 1.54) is 4.68 Å². The van der Waals surface area contributed by atoms with Gasteiger partial charge in [0.2, 0.25) is 5.91 Å². The van der Waals surface area contributed by atoms with Gasteiger partial charge >= 0.3 is 0 Å². The van der Waals surface area contributed by atoms with Gasteiger partial charge in [0.25, 0.3) is 11.1 Å². The van der Waals surface area contributed by atoms with E-state index in [0.717, 1.165) is 11.3 Å². The van der Waals surface area contributed by atoms with Crippen molar-refractivity contribution < 1.29 is 14.3 Å². The molecule has 8 nitrogen and oxygen atoms in total. The molecule has 0 aliphatic rings. The molecule has 1 heterocycles. The maximum atomic E-state index is 12.5. The van der Waals surface area contributed by atoms with Gasteiger partial charge < -0.3 is 14.8 Å². The van der Waals surface area contributed by atoms with E-state index in [4.69, 9.17) is 9.47 Å². The second kappa shape index (κ2) is 9.09. The first kappa shape index (κ1) is 20.2. The highest BCUT2D eigenvalue weighted by molar-refractivity contribution is 5.80. The minimum Gasteiger partial charge on any atom is -0.497 e. The van der Waals surface area contributed by atoms with Gasteiger partial charge in [0, 0.05) is 13.0 Å². The van der Waals surface area contributed by atoms with E-state index in [1.54, 1.807) is 38.5 Å². The predicted octanol–water partition coefficient (Wildman–Crippen LogP) is 1.46. The number of H-pyrrole nitrogens is 1. The number of nitrogens with one attached hydrogen (secondary N) is 2. The number of carbonyl (C=O) groups is 1.